The van der Waals surface area contributed by atoms with Crippen LogP contribution in [-0.4, -0.2) is 25.8 Å². The molecule has 1 atom stereocenters. The molecule has 5 nitrogen and oxygen atoms in total. The van der Waals surface area contributed by atoms with Crippen molar-refractivity contribution in [3.8, 4) is 0 Å². The summed E-state index contributed by atoms with van der Waals surface area (Å²) in [4.78, 5) is 0.669. The van der Waals surface area contributed by atoms with Crippen molar-refractivity contribution in [2.75, 3.05) is 12.3 Å². The van der Waals surface area contributed by atoms with Crippen molar-refractivity contribution < 1.29 is 17.9 Å². The lowest BCUT2D eigenvalue weighted by Gasteiger charge is -2.26. The molecular formula is C14H19NO4S2. The molecule has 0 radical (unpaired) electrons. The van der Waals surface area contributed by atoms with Crippen LogP contribution in [0, 0.1) is 0 Å². The maximum Gasteiger partial charge on any atom is 0.211 e. The molecule has 0 aliphatic carbocycles. The number of nitrogens with one attached hydrogen (secondary N) is 1. The smallest absolute Gasteiger partial charge is 0.211 e. The van der Waals surface area contributed by atoms with Crippen molar-refractivity contribution in [3.05, 3.63) is 46.5 Å². The Morgan fingerprint density at radius 2 is 2.24 bits per heavy atom. The average Bonchev–Trinajstić information content (AvgIpc) is 3.14. The van der Waals surface area contributed by atoms with E-state index in [-0.39, 0.29) is 12.3 Å². The maximum atomic E-state index is 11.9. The van der Waals surface area contributed by atoms with Crippen LogP contribution in [0.25, 0.3) is 0 Å². The third-order valence-corrected chi connectivity index (χ3v) is 5.67. The van der Waals surface area contributed by atoms with E-state index < -0.39 is 15.6 Å². The Kier molecular flexibility index (Phi) is 5.21. The molecule has 0 fully saturated rings. The van der Waals surface area contributed by atoms with Gasteiger partial charge in [0.05, 0.1) is 18.3 Å². The first-order valence-electron chi connectivity index (χ1n) is 6.74. The van der Waals surface area contributed by atoms with Crippen molar-refractivity contribution >= 4 is 21.4 Å². The van der Waals surface area contributed by atoms with Crippen molar-refractivity contribution in [1.82, 2.24) is 4.72 Å². The molecule has 2 heterocycles. The molecule has 2 aromatic heterocycles. The van der Waals surface area contributed by atoms with Gasteiger partial charge in [-0.2, -0.15) is 0 Å². The monoisotopic (exact) mass is 329 g/mol. The number of furan rings is 1. The third kappa shape index (κ3) is 3.94. The number of rotatable bonds is 8. The highest BCUT2D eigenvalue weighted by Gasteiger charge is 2.35. The fourth-order valence-corrected chi connectivity index (χ4v) is 4.05. The van der Waals surface area contributed by atoms with Gasteiger partial charge in [0, 0.05) is 17.0 Å². The van der Waals surface area contributed by atoms with Gasteiger partial charge >= 0.3 is 0 Å². The van der Waals surface area contributed by atoms with Crippen molar-refractivity contribution in [2.45, 2.75) is 25.4 Å². The van der Waals surface area contributed by atoms with Crippen molar-refractivity contribution in [2.24, 2.45) is 0 Å². The van der Waals surface area contributed by atoms with E-state index in [1.165, 1.54) is 23.9 Å². The summed E-state index contributed by atoms with van der Waals surface area (Å²) in [5, 5.41) is 12.8. The van der Waals surface area contributed by atoms with E-state index in [4.69, 9.17) is 4.42 Å². The lowest BCUT2D eigenvalue weighted by molar-refractivity contribution is 0.0892. The molecule has 0 bridgehead atoms. The zero-order valence-electron chi connectivity index (χ0n) is 11.8. The molecule has 0 spiro atoms. The van der Waals surface area contributed by atoms with E-state index in [1.807, 2.05) is 18.4 Å². The minimum atomic E-state index is -3.40. The molecular weight excluding hydrogens is 310 g/mol. The van der Waals surface area contributed by atoms with E-state index in [0.717, 1.165) is 6.42 Å². The molecule has 0 saturated carbocycles. The summed E-state index contributed by atoms with van der Waals surface area (Å²) in [6.45, 7) is 1.82. The molecule has 0 unspecified atom stereocenters. The number of hydrogen-bond acceptors (Lipinski definition) is 5. The molecule has 0 aliphatic heterocycles. The highest BCUT2D eigenvalue weighted by atomic mass is 32.2. The molecule has 2 N–H and O–H groups in total. The zero-order valence-corrected chi connectivity index (χ0v) is 13.4. The Balaban J connectivity index is 2.19. The molecule has 116 valence electrons. The molecule has 2 aromatic rings. The summed E-state index contributed by atoms with van der Waals surface area (Å²) in [6, 6.07) is 5.23. The highest BCUT2D eigenvalue weighted by Crippen LogP contribution is 2.32. The fourth-order valence-electron chi connectivity index (χ4n) is 1.97. The van der Waals surface area contributed by atoms with Gasteiger partial charge < -0.3 is 9.52 Å². The first-order valence-corrected chi connectivity index (χ1v) is 9.27. The summed E-state index contributed by atoms with van der Waals surface area (Å²) in [7, 11) is -3.40. The van der Waals surface area contributed by atoms with Crippen LogP contribution >= 0.6 is 11.3 Å². The zero-order chi connectivity index (χ0) is 15.3. The van der Waals surface area contributed by atoms with Gasteiger partial charge in [0.1, 0.15) is 5.60 Å². The normalized spacial score (nSPS) is 15.0. The van der Waals surface area contributed by atoms with Gasteiger partial charge in [-0.1, -0.05) is 19.4 Å². The molecule has 21 heavy (non-hydrogen) atoms. The van der Waals surface area contributed by atoms with Crippen LogP contribution in [0.1, 0.15) is 30.2 Å². The van der Waals surface area contributed by atoms with Gasteiger partial charge in [-0.3, -0.25) is 0 Å². The van der Waals surface area contributed by atoms with E-state index >= 15 is 0 Å². The van der Waals surface area contributed by atoms with Gasteiger partial charge in [-0.15, -0.1) is 11.3 Å². The Morgan fingerprint density at radius 3 is 2.81 bits per heavy atom. The quantitative estimate of drug-likeness (QED) is 0.779. The maximum absolute atomic E-state index is 11.9. The summed E-state index contributed by atoms with van der Waals surface area (Å²) in [5.41, 5.74) is -0.886. The van der Waals surface area contributed by atoms with Gasteiger partial charge in [-0.05, 0) is 23.9 Å². The van der Waals surface area contributed by atoms with E-state index in [2.05, 4.69) is 4.72 Å². The first kappa shape index (κ1) is 16.2. The van der Waals surface area contributed by atoms with E-state index in [0.29, 0.717) is 16.9 Å². The standard InChI is InChI=1S/C14H19NO4S2/c1-2-3-9-21(17,18)15-11-14(16,12-6-7-19-10-12)13-5-4-8-20-13/h4-8,10,15-16H,2-3,9,11H2,1H3/t14-/m0/s1. The van der Waals surface area contributed by atoms with Gasteiger partial charge in [0.2, 0.25) is 10.0 Å². The number of unbranched alkanes of at least 4 members (excludes halogenated alkanes) is 1. The summed E-state index contributed by atoms with van der Waals surface area (Å²) < 4.78 is 31.4. The van der Waals surface area contributed by atoms with Crippen LogP contribution in [0.4, 0.5) is 0 Å². The highest BCUT2D eigenvalue weighted by molar-refractivity contribution is 7.89. The summed E-state index contributed by atoms with van der Waals surface area (Å²) >= 11 is 1.37. The van der Waals surface area contributed by atoms with Crippen LogP contribution in [0.3, 0.4) is 0 Å². The second kappa shape index (κ2) is 6.74. The molecule has 0 aromatic carbocycles. The third-order valence-electron chi connectivity index (χ3n) is 3.24. The van der Waals surface area contributed by atoms with Crippen LogP contribution in [0.15, 0.2) is 40.5 Å². The Morgan fingerprint density at radius 1 is 1.43 bits per heavy atom. The van der Waals surface area contributed by atoms with Crippen molar-refractivity contribution in [1.29, 1.82) is 0 Å². The number of sulfonamides is 1. The molecule has 0 saturated heterocycles. The average molecular weight is 329 g/mol. The molecule has 0 amide bonds. The second-order valence-electron chi connectivity index (χ2n) is 4.84. The predicted octanol–water partition coefficient (Wildman–Crippen LogP) is 2.30. The van der Waals surface area contributed by atoms with E-state index in [1.54, 1.807) is 12.1 Å². The van der Waals surface area contributed by atoms with Crippen molar-refractivity contribution in [3.63, 3.8) is 0 Å². The van der Waals surface area contributed by atoms with Gasteiger partial charge in [0.25, 0.3) is 0 Å². The van der Waals surface area contributed by atoms with Gasteiger partial charge in [0.15, 0.2) is 0 Å². The molecule has 7 heteroatoms. The first-order chi connectivity index (χ1) is 9.98. The fraction of sp³-hybridized carbons (Fsp3) is 0.429. The minimum Gasteiger partial charge on any atom is -0.472 e. The van der Waals surface area contributed by atoms with Crippen LogP contribution in [0.2, 0.25) is 0 Å². The summed E-state index contributed by atoms with van der Waals surface area (Å²) in [6.07, 6.45) is 4.29. The largest absolute Gasteiger partial charge is 0.472 e. The lowest BCUT2D eigenvalue weighted by Crippen LogP contribution is -2.41. The SMILES string of the molecule is CCCCS(=O)(=O)NC[C@](O)(c1ccoc1)c1cccs1. The number of hydrogen-bond donors (Lipinski definition) is 2. The minimum absolute atomic E-state index is 0.0649. The Hall–Kier alpha value is -1.15. The van der Waals surface area contributed by atoms with Crippen LogP contribution in [-0.2, 0) is 15.6 Å². The molecule has 2 rings (SSSR count). The lowest BCUT2D eigenvalue weighted by atomic mass is 9.95. The predicted molar refractivity (Wildman–Crippen MR) is 82.7 cm³/mol. The Bertz CT molecular complexity index is 598. The van der Waals surface area contributed by atoms with Gasteiger partial charge in [-0.25, -0.2) is 13.1 Å². The second-order valence-corrected chi connectivity index (χ2v) is 7.72. The van der Waals surface area contributed by atoms with Crippen LogP contribution in [0.5, 0.6) is 0 Å². The number of aliphatic hydroxyl groups is 1. The molecule has 0 aliphatic rings. The summed E-state index contributed by atoms with van der Waals surface area (Å²) in [5.74, 6) is 0.0649. The van der Waals surface area contributed by atoms with E-state index in [9.17, 15) is 13.5 Å². The number of thiophene rings is 1. The Labute approximate surface area is 128 Å². The van der Waals surface area contributed by atoms with Crippen LogP contribution < -0.4 is 4.72 Å². The topological polar surface area (TPSA) is 79.5 Å².